The number of hydrogen-bond acceptors (Lipinski definition) is 3. The summed E-state index contributed by atoms with van der Waals surface area (Å²) < 4.78 is 11.2. The van der Waals surface area contributed by atoms with Crippen LogP contribution in [0.5, 0.6) is 11.5 Å². The van der Waals surface area contributed by atoms with E-state index in [4.69, 9.17) is 14.6 Å². The van der Waals surface area contributed by atoms with Crippen molar-refractivity contribution in [2.24, 2.45) is 0 Å². The number of rotatable bonds is 5. The van der Waals surface area contributed by atoms with Crippen molar-refractivity contribution in [3.8, 4) is 11.5 Å². The molecule has 1 aromatic carbocycles. The molecular weight excluding hydrogens is 204 g/mol. The molecular formula is C13H20O3. The Labute approximate surface area is 97.0 Å². The molecule has 0 aliphatic rings. The predicted molar refractivity (Wildman–Crippen MR) is 63.9 cm³/mol. The van der Waals surface area contributed by atoms with Gasteiger partial charge in [0.25, 0.3) is 0 Å². The van der Waals surface area contributed by atoms with Crippen LogP contribution in [0.4, 0.5) is 0 Å². The second kappa shape index (κ2) is 5.75. The van der Waals surface area contributed by atoms with Crippen LogP contribution in [-0.2, 0) is 6.61 Å². The molecule has 0 aromatic heterocycles. The van der Waals surface area contributed by atoms with Crippen LogP contribution in [0.15, 0.2) is 18.2 Å². The van der Waals surface area contributed by atoms with Gasteiger partial charge < -0.3 is 14.6 Å². The first-order valence-corrected chi connectivity index (χ1v) is 5.59. The van der Waals surface area contributed by atoms with Crippen LogP contribution in [-0.4, -0.2) is 17.3 Å². The minimum absolute atomic E-state index is 0.0102. The van der Waals surface area contributed by atoms with E-state index in [0.29, 0.717) is 0 Å². The lowest BCUT2D eigenvalue weighted by molar-refractivity contribution is 0.226. The van der Waals surface area contributed by atoms with E-state index < -0.39 is 0 Å². The monoisotopic (exact) mass is 224 g/mol. The van der Waals surface area contributed by atoms with E-state index in [9.17, 15) is 0 Å². The Hall–Kier alpha value is -1.22. The molecule has 16 heavy (non-hydrogen) atoms. The van der Waals surface area contributed by atoms with Crippen LogP contribution in [0.3, 0.4) is 0 Å². The summed E-state index contributed by atoms with van der Waals surface area (Å²) in [5, 5.41) is 9.14. The molecule has 0 aliphatic heterocycles. The van der Waals surface area contributed by atoms with Gasteiger partial charge >= 0.3 is 0 Å². The fraction of sp³-hybridized carbons (Fsp3) is 0.538. The number of aliphatic hydroxyl groups excluding tert-OH is 1. The van der Waals surface area contributed by atoms with Crippen molar-refractivity contribution < 1.29 is 14.6 Å². The van der Waals surface area contributed by atoms with Gasteiger partial charge in [-0.1, -0.05) is 0 Å². The lowest BCUT2D eigenvalue weighted by Crippen LogP contribution is -2.08. The topological polar surface area (TPSA) is 38.7 Å². The normalized spacial score (nSPS) is 10.9. The van der Waals surface area contributed by atoms with Crippen molar-refractivity contribution >= 4 is 0 Å². The molecule has 0 atom stereocenters. The van der Waals surface area contributed by atoms with Crippen molar-refractivity contribution in [3.05, 3.63) is 23.8 Å². The number of hydrogen-bond donors (Lipinski definition) is 1. The molecule has 0 saturated heterocycles. The van der Waals surface area contributed by atoms with Gasteiger partial charge in [-0.15, -0.1) is 0 Å². The minimum Gasteiger partial charge on any atom is -0.491 e. The maximum Gasteiger partial charge on any atom is 0.123 e. The lowest BCUT2D eigenvalue weighted by Gasteiger charge is -2.15. The maximum absolute atomic E-state index is 9.14. The fourth-order valence-corrected chi connectivity index (χ4v) is 1.40. The molecule has 0 amide bonds. The zero-order valence-corrected chi connectivity index (χ0v) is 10.4. The highest BCUT2D eigenvalue weighted by molar-refractivity contribution is 5.38. The van der Waals surface area contributed by atoms with Crippen molar-refractivity contribution in [3.63, 3.8) is 0 Å². The molecule has 3 heteroatoms. The Morgan fingerprint density at radius 1 is 0.938 bits per heavy atom. The van der Waals surface area contributed by atoms with Gasteiger partial charge in [-0.25, -0.2) is 0 Å². The summed E-state index contributed by atoms with van der Waals surface area (Å²) in [7, 11) is 0. The van der Waals surface area contributed by atoms with E-state index in [1.807, 2.05) is 45.9 Å². The molecule has 0 saturated carbocycles. The fourth-order valence-electron chi connectivity index (χ4n) is 1.40. The molecule has 0 bridgehead atoms. The van der Waals surface area contributed by atoms with Crippen LogP contribution in [0, 0.1) is 0 Å². The summed E-state index contributed by atoms with van der Waals surface area (Å²) in [5.41, 5.74) is 0.800. The standard InChI is InChI=1S/C13H20O3/c1-9(2)15-12-5-11(8-14)6-13(7-12)16-10(3)4/h5-7,9-10,14H,8H2,1-4H3. The summed E-state index contributed by atoms with van der Waals surface area (Å²) in [5.74, 6) is 1.47. The van der Waals surface area contributed by atoms with E-state index >= 15 is 0 Å². The molecule has 90 valence electrons. The van der Waals surface area contributed by atoms with E-state index in [1.165, 1.54) is 0 Å². The first kappa shape index (κ1) is 12.8. The summed E-state index contributed by atoms with van der Waals surface area (Å²) >= 11 is 0. The third kappa shape index (κ3) is 4.11. The number of benzene rings is 1. The average molecular weight is 224 g/mol. The van der Waals surface area contributed by atoms with E-state index in [1.54, 1.807) is 0 Å². The molecule has 1 N–H and O–H groups in total. The minimum atomic E-state index is -0.0102. The second-order valence-electron chi connectivity index (χ2n) is 4.30. The van der Waals surface area contributed by atoms with Gasteiger partial charge in [0, 0.05) is 6.07 Å². The number of aliphatic hydroxyl groups is 1. The largest absolute Gasteiger partial charge is 0.491 e. The van der Waals surface area contributed by atoms with Gasteiger partial charge in [-0.3, -0.25) is 0 Å². The van der Waals surface area contributed by atoms with Gasteiger partial charge in [0.15, 0.2) is 0 Å². The summed E-state index contributed by atoms with van der Waals surface area (Å²) in [6.07, 6.45) is 0.224. The van der Waals surface area contributed by atoms with E-state index in [2.05, 4.69) is 0 Å². The first-order valence-electron chi connectivity index (χ1n) is 5.59. The molecule has 0 spiro atoms. The molecule has 0 aliphatic carbocycles. The maximum atomic E-state index is 9.14. The van der Waals surface area contributed by atoms with Crippen molar-refractivity contribution in [2.75, 3.05) is 0 Å². The highest BCUT2D eigenvalue weighted by atomic mass is 16.5. The van der Waals surface area contributed by atoms with Crippen LogP contribution in [0.25, 0.3) is 0 Å². The molecule has 0 radical (unpaired) electrons. The summed E-state index contributed by atoms with van der Waals surface area (Å²) in [4.78, 5) is 0. The van der Waals surface area contributed by atoms with Crippen molar-refractivity contribution in [1.82, 2.24) is 0 Å². The molecule has 0 fully saturated rings. The lowest BCUT2D eigenvalue weighted by atomic mass is 10.2. The van der Waals surface area contributed by atoms with Gasteiger partial charge in [0.05, 0.1) is 18.8 Å². The zero-order valence-electron chi connectivity index (χ0n) is 10.4. The predicted octanol–water partition coefficient (Wildman–Crippen LogP) is 2.75. The molecule has 0 unspecified atom stereocenters. The van der Waals surface area contributed by atoms with Crippen LogP contribution in [0.2, 0.25) is 0 Å². The Kier molecular flexibility index (Phi) is 4.62. The van der Waals surface area contributed by atoms with Gasteiger partial charge in [-0.05, 0) is 45.4 Å². The third-order valence-corrected chi connectivity index (χ3v) is 1.87. The summed E-state index contributed by atoms with van der Waals surface area (Å²) in [6, 6.07) is 5.50. The Morgan fingerprint density at radius 2 is 1.38 bits per heavy atom. The van der Waals surface area contributed by atoms with Crippen molar-refractivity contribution in [1.29, 1.82) is 0 Å². The Balaban J connectivity index is 2.91. The highest BCUT2D eigenvalue weighted by Gasteiger charge is 2.05. The Morgan fingerprint density at radius 3 is 1.69 bits per heavy atom. The van der Waals surface area contributed by atoms with Gasteiger partial charge in [0.2, 0.25) is 0 Å². The number of ether oxygens (including phenoxy) is 2. The molecule has 1 rings (SSSR count). The molecule has 1 aromatic rings. The van der Waals surface area contributed by atoms with Crippen LogP contribution >= 0.6 is 0 Å². The first-order chi connectivity index (χ1) is 7.51. The van der Waals surface area contributed by atoms with Crippen LogP contribution < -0.4 is 9.47 Å². The second-order valence-corrected chi connectivity index (χ2v) is 4.30. The quantitative estimate of drug-likeness (QED) is 0.835. The van der Waals surface area contributed by atoms with E-state index in [0.717, 1.165) is 17.1 Å². The third-order valence-electron chi connectivity index (χ3n) is 1.87. The average Bonchev–Trinajstić information content (AvgIpc) is 2.14. The van der Waals surface area contributed by atoms with E-state index in [-0.39, 0.29) is 18.8 Å². The molecule has 0 heterocycles. The zero-order chi connectivity index (χ0) is 12.1. The van der Waals surface area contributed by atoms with Gasteiger partial charge in [-0.2, -0.15) is 0 Å². The Bertz CT molecular complexity index is 304. The summed E-state index contributed by atoms with van der Waals surface area (Å²) in [6.45, 7) is 7.86. The van der Waals surface area contributed by atoms with Crippen LogP contribution in [0.1, 0.15) is 33.3 Å². The van der Waals surface area contributed by atoms with Gasteiger partial charge in [0.1, 0.15) is 11.5 Å². The molecule has 3 nitrogen and oxygen atoms in total. The highest BCUT2D eigenvalue weighted by Crippen LogP contribution is 2.24. The smallest absolute Gasteiger partial charge is 0.123 e. The van der Waals surface area contributed by atoms with Crippen molar-refractivity contribution in [2.45, 2.75) is 46.5 Å². The SMILES string of the molecule is CC(C)Oc1cc(CO)cc(OC(C)C)c1.